The molecule has 0 spiro atoms. The summed E-state index contributed by atoms with van der Waals surface area (Å²) in [4.78, 5) is 11.5. The van der Waals surface area contributed by atoms with Gasteiger partial charge >= 0.3 is 0 Å². The first-order valence-corrected chi connectivity index (χ1v) is 5.02. The number of aryl methyl sites for hydroxylation is 1. The lowest BCUT2D eigenvalue weighted by Crippen LogP contribution is -2.35. The Bertz CT molecular complexity index is 390. The van der Waals surface area contributed by atoms with Crippen LogP contribution in [-0.4, -0.2) is 21.0 Å². The van der Waals surface area contributed by atoms with Gasteiger partial charge in [0.2, 0.25) is 0 Å². The standard InChI is InChI=1S/C11H18N2O2/c1-8-5-10(15)13(12-6-8)7-9(14)11(2,3)4/h5-6,9,14H,7H2,1-4H3. The fourth-order valence-electron chi connectivity index (χ4n) is 1.10. The fourth-order valence-corrected chi connectivity index (χ4v) is 1.10. The molecule has 1 atom stereocenters. The maximum absolute atomic E-state index is 11.5. The summed E-state index contributed by atoms with van der Waals surface area (Å²) in [5.41, 5.74) is 0.422. The molecule has 0 saturated carbocycles. The minimum Gasteiger partial charge on any atom is -0.391 e. The first-order valence-electron chi connectivity index (χ1n) is 5.02. The van der Waals surface area contributed by atoms with E-state index in [9.17, 15) is 9.90 Å². The Kier molecular flexibility index (Phi) is 3.29. The third-order valence-corrected chi connectivity index (χ3v) is 2.35. The number of aromatic nitrogens is 2. The highest BCUT2D eigenvalue weighted by atomic mass is 16.3. The van der Waals surface area contributed by atoms with E-state index < -0.39 is 6.10 Å². The van der Waals surface area contributed by atoms with Gasteiger partial charge < -0.3 is 5.11 Å². The fraction of sp³-hybridized carbons (Fsp3) is 0.636. The van der Waals surface area contributed by atoms with Crippen LogP contribution in [0, 0.1) is 12.3 Å². The lowest BCUT2D eigenvalue weighted by molar-refractivity contribution is 0.0437. The molecule has 1 N–H and O–H groups in total. The van der Waals surface area contributed by atoms with Crippen molar-refractivity contribution in [2.75, 3.05) is 0 Å². The average molecular weight is 210 g/mol. The molecule has 0 aliphatic carbocycles. The number of aliphatic hydroxyl groups is 1. The molecule has 1 heterocycles. The Balaban J connectivity index is 2.87. The molecular weight excluding hydrogens is 192 g/mol. The zero-order chi connectivity index (χ0) is 11.6. The van der Waals surface area contributed by atoms with Gasteiger partial charge in [0.05, 0.1) is 18.8 Å². The van der Waals surface area contributed by atoms with Gasteiger partial charge in [-0.1, -0.05) is 20.8 Å². The minimum atomic E-state index is -0.578. The van der Waals surface area contributed by atoms with Gasteiger partial charge in [0.15, 0.2) is 0 Å². The summed E-state index contributed by atoms with van der Waals surface area (Å²) in [6.45, 7) is 7.84. The first-order chi connectivity index (χ1) is 6.80. The molecule has 15 heavy (non-hydrogen) atoms. The first kappa shape index (κ1) is 11.9. The van der Waals surface area contributed by atoms with Crippen LogP contribution in [0.15, 0.2) is 17.1 Å². The van der Waals surface area contributed by atoms with Crippen molar-refractivity contribution in [2.45, 2.75) is 40.3 Å². The van der Waals surface area contributed by atoms with E-state index in [0.717, 1.165) is 5.56 Å². The van der Waals surface area contributed by atoms with Crippen molar-refractivity contribution >= 4 is 0 Å². The average Bonchev–Trinajstić information content (AvgIpc) is 2.08. The summed E-state index contributed by atoms with van der Waals surface area (Å²) in [5.74, 6) is 0. The van der Waals surface area contributed by atoms with Crippen LogP contribution in [-0.2, 0) is 6.54 Å². The number of hydrogen-bond acceptors (Lipinski definition) is 3. The van der Waals surface area contributed by atoms with E-state index in [0.29, 0.717) is 0 Å². The van der Waals surface area contributed by atoms with Crippen LogP contribution >= 0.6 is 0 Å². The Morgan fingerprint density at radius 3 is 2.60 bits per heavy atom. The van der Waals surface area contributed by atoms with E-state index in [1.54, 1.807) is 6.20 Å². The molecule has 0 aliphatic rings. The number of nitrogens with zero attached hydrogens (tertiary/aromatic N) is 2. The highest BCUT2D eigenvalue weighted by Crippen LogP contribution is 2.19. The molecule has 1 unspecified atom stereocenters. The Morgan fingerprint density at radius 2 is 2.13 bits per heavy atom. The zero-order valence-corrected chi connectivity index (χ0v) is 9.69. The number of hydrogen-bond donors (Lipinski definition) is 1. The van der Waals surface area contributed by atoms with E-state index in [4.69, 9.17) is 0 Å². The van der Waals surface area contributed by atoms with Crippen molar-refractivity contribution in [2.24, 2.45) is 5.41 Å². The molecular formula is C11H18N2O2. The lowest BCUT2D eigenvalue weighted by atomic mass is 9.89. The Hall–Kier alpha value is -1.16. The Labute approximate surface area is 89.6 Å². The number of aliphatic hydroxyl groups excluding tert-OH is 1. The van der Waals surface area contributed by atoms with Crippen LogP contribution in [0.5, 0.6) is 0 Å². The zero-order valence-electron chi connectivity index (χ0n) is 9.69. The SMILES string of the molecule is Cc1cnn(CC(O)C(C)(C)C)c(=O)c1. The third kappa shape index (κ3) is 3.16. The van der Waals surface area contributed by atoms with Gasteiger partial charge in [-0.2, -0.15) is 5.10 Å². The molecule has 0 radical (unpaired) electrons. The van der Waals surface area contributed by atoms with Gasteiger partial charge in [-0.05, 0) is 17.9 Å². The van der Waals surface area contributed by atoms with Crippen LogP contribution in [0.4, 0.5) is 0 Å². The van der Waals surface area contributed by atoms with Gasteiger partial charge in [-0.3, -0.25) is 4.79 Å². The van der Waals surface area contributed by atoms with E-state index in [-0.39, 0.29) is 17.5 Å². The second-order valence-electron chi connectivity index (χ2n) is 4.94. The van der Waals surface area contributed by atoms with Gasteiger partial charge in [0, 0.05) is 6.07 Å². The molecule has 4 heteroatoms. The molecule has 4 nitrogen and oxygen atoms in total. The predicted octanol–water partition coefficient (Wildman–Crippen LogP) is 0.959. The van der Waals surface area contributed by atoms with Gasteiger partial charge in [-0.25, -0.2) is 4.68 Å². The van der Waals surface area contributed by atoms with Gasteiger partial charge in [0.25, 0.3) is 5.56 Å². The van der Waals surface area contributed by atoms with Crippen molar-refractivity contribution in [3.05, 3.63) is 28.2 Å². The van der Waals surface area contributed by atoms with Crippen LogP contribution in [0.3, 0.4) is 0 Å². The van der Waals surface area contributed by atoms with Crippen molar-refractivity contribution in [3.8, 4) is 0 Å². The summed E-state index contributed by atoms with van der Waals surface area (Å²) in [5, 5.41) is 13.8. The summed E-state index contributed by atoms with van der Waals surface area (Å²) in [6.07, 6.45) is 1.04. The molecule has 0 aromatic carbocycles. The van der Waals surface area contributed by atoms with Crippen molar-refractivity contribution in [1.82, 2.24) is 9.78 Å². The summed E-state index contributed by atoms with van der Waals surface area (Å²) in [7, 11) is 0. The second-order valence-corrected chi connectivity index (χ2v) is 4.94. The molecule has 1 aromatic rings. The van der Waals surface area contributed by atoms with Crippen molar-refractivity contribution in [1.29, 1.82) is 0 Å². The van der Waals surface area contributed by atoms with Gasteiger partial charge in [-0.15, -0.1) is 0 Å². The number of rotatable bonds is 2. The van der Waals surface area contributed by atoms with Crippen LogP contribution in [0.2, 0.25) is 0 Å². The lowest BCUT2D eigenvalue weighted by Gasteiger charge is -2.25. The third-order valence-electron chi connectivity index (χ3n) is 2.35. The van der Waals surface area contributed by atoms with E-state index in [2.05, 4.69) is 5.10 Å². The summed E-state index contributed by atoms with van der Waals surface area (Å²) < 4.78 is 1.29. The van der Waals surface area contributed by atoms with Crippen LogP contribution in [0.25, 0.3) is 0 Å². The summed E-state index contributed by atoms with van der Waals surface area (Å²) >= 11 is 0. The van der Waals surface area contributed by atoms with Crippen LogP contribution < -0.4 is 5.56 Å². The topological polar surface area (TPSA) is 55.1 Å². The maximum Gasteiger partial charge on any atom is 0.267 e. The molecule has 84 valence electrons. The second kappa shape index (κ2) is 4.14. The molecule has 0 fully saturated rings. The highest BCUT2D eigenvalue weighted by Gasteiger charge is 2.22. The highest BCUT2D eigenvalue weighted by molar-refractivity contribution is 5.02. The normalized spacial score (nSPS) is 13.9. The predicted molar refractivity (Wildman–Crippen MR) is 58.7 cm³/mol. The van der Waals surface area contributed by atoms with Gasteiger partial charge in [0.1, 0.15) is 0 Å². The molecule has 0 amide bonds. The Morgan fingerprint density at radius 1 is 1.53 bits per heavy atom. The molecule has 0 saturated heterocycles. The molecule has 0 bridgehead atoms. The van der Waals surface area contributed by atoms with E-state index >= 15 is 0 Å². The van der Waals surface area contributed by atoms with Crippen LogP contribution in [0.1, 0.15) is 26.3 Å². The maximum atomic E-state index is 11.5. The van der Waals surface area contributed by atoms with Crippen molar-refractivity contribution in [3.63, 3.8) is 0 Å². The van der Waals surface area contributed by atoms with Crippen molar-refractivity contribution < 1.29 is 5.11 Å². The summed E-state index contributed by atoms with van der Waals surface area (Å²) in [6, 6.07) is 1.52. The monoisotopic (exact) mass is 210 g/mol. The molecule has 1 rings (SSSR count). The quantitative estimate of drug-likeness (QED) is 0.791. The molecule has 0 aliphatic heterocycles. The smallest absolute Gasteiger partial charge is 0.267 e. The minimum absolute atomic E-state index is 0.168. The van der Waals surface area contributed by atoms with E-state index in [1.807, 2.05) is 27.7 Å². The van der Waals surface area contributed by atoms with E-state index in [1.165, 1.54) is 10.7 Å². The largest absolute Gasteiger partial charge is 0.391 e. The molecule has 1 aromatic heterocycles.